The summed E-state index contributed by atoms with van der Waals surface area (Å²) in [6.45, 7) is 11.2. The van der Waals surface area contributed by atoms with E-state index in [9.17, 15) is 0 Å². The summed E-state index contributed by atoms with van der Waals surface area (Å²) in [4.78, 5) is 2.68. The Morgan fingerprint density at radius 1 is 1.50 bits per heavy atom. The Balaban J connectivity index is 1.83. The predicted molar refractivity (Wildman–Crippen MR) is 60.4 cm³/mol. The van der Waals surface area contributed by atoms with Gasteiger partial charge in [-0.15, -0.1) is 0 Å². The van der Waals surface area contributed by atoms with Gasteiger partial charge in [0.05, 0.1) is 0 Å². The second kappa shape index (κ2) is 4.19. The Kier molecular flexibility index (Phi) is 3.13. The van der Waals surface area contributed by atoms with Crippen molar-refractivity contribution < 1.29 is 0 Å². The van der Waals surface area contributed by atoms with Crippen LogP contribution in [0.15, 0.2) is 0 Å². The Hall–Kier alpha value is -0.0800. The van der Waals surface area contributed by atoms with E-state index in [0.717, 1.165) is 5.92 Å². The van der Waals surface area contributed by atoms with Crippen molar-refractivity contribution in [2.75, 3.05) is 32.7 Å². The molecular weight excluding hydrogens is 172 g/mol. The van der Waals surface area contributed by atoms with E-state index >= 15 is 0 Å². The Bertz CT molecular complexity index is 185. The molecule has 0 radical (unpaired) electrons. The lowest BCUT2D eigenvalue weighted by atomic mass is 9.88. The second-order valence-electron chi connectivity index (χ2n) is 5.72. The summed E-state index contributed by atoms with van der Waals surface area (Å²) < 4.78 is 0. The zero-order chi connectivity index (χ0) is 10.0. The summed E-state index contributed by atoms with van der Waals surface area (Å²) in [7, 11) is 0. The molecule has 0 amide bonds. The molecule has 2 aliphatic heterocycles. The molecule has 0 aromatic rings. The Labute approximate surface area is 88.1 Å². The van der Waals surface area contributed by atoms with Crippen LogP contribution in [-0.4, -0.2) is 37.6 Å². The molecule has 2 fully saturated rings. The van der Waals surface area contributed by atoms with Gasteiger partial charge in [0.1, 0.15) is 0 Å². The van der Waals surface area contributed by atoms with Crippen molar-refractivity contribution in [3.63, 3.8) is 0 Å². The minimum atomic E-state index is 0.553. The number of piperidine rings is 1. The summed E-state index contributed by atoms with van der Waals surface area (Å²) in [5.74, 6) is 0.918. The topological polar surface area (TPSA) is 15.3 Å². The molecule has 2 heteroatoms. The third-order valence-corrected chi connectivity index (χ3v) is 3.80. The van der Waals surface area contributed by atoms with E-state index in [0.29, 0.717) is 5.41 Å². The van der Waals surface area contributed by atoms with Crippen LogP contribution in [0.4, 0.5) is 0 Å². The lowest BCUT2D eigenvalue weighted by Crippen LogP contribution is -2.42. The lowest BCUT2D eigenvalue weighted by Gasteiger charge is -2.36. The van der Waals surface area contributed by atoms with E-state index in [4.69, 9.17) is 0 Å². The van der Waals surface area contributed by atoms with Crippen LogP contribution in [0, 0.1) is 11.3 Å². The first-order valence-corrected chi connectivity index (χ1v) is 6.11. The van der Waals surface area contributed by atoms with Gasteiger partial charge < -0.3 is 10.2 Å². The molecule has 0 aromatic carbocycles. The van der Waals surface area contributed by atoms with Gasteiger partial charge in [-0.3, -0.25) is 0 Å². The standard InChI is InChI=1S/C12H24N2/c1-11-4-3-7-14(8-11)10-12(2)5-6-13-9-12/h11,13H,3-10H2,1-2H3. The molecule has 14 heavy (non-hydrogen) atoms. The van der Waals surface area contributed by atoms with Crippen molar-refractivity contribution in [2.45, 2.75) is 33.1 Å². The molecule has 2 unspecified atom stereocenters. The van der Waals surface area contributed by atoms with Gasteiger partial charge in [0.2, 0.25) is 0 Å². The van der Waals surface area contributed by atoms with Gasteiger partial charge in [0, 0.05) is 19.6 Å². The van der Waals surface area contributed by atoms with Crippen LogP contribution < -0.4 is 5.32 Å². The molecule has 82 valence electrons. The van der Waals surface area contributed by atoms with Crippen molar-refractivity contribution >= 4 is 0 Å². The number of hydrogen-bond acceptors (Lipinski definition) is 2. The van der Waals surface area contributed by atoms with Gasteiger partial charge in [-0.2, -0.15) is 0 Å². The van der Waals surface area contributed by atoms with Gasteiger partial charge in [-0.1, -0.05) is 13.8 Å². The van der Waals surface area contributed by atoms with Crippen LogP contribution in [0.1, 0.15) is 33.1 Å². The highest BCUT2D eigenvalue weighted by Crippen LogP contribution is 2.27. The normalized spacial score (nSPS) is 40.3. The summed E-state index contributed by atoms with van der Waals surface area (Å²) in [5.41, 5.74) is 0.553. The zero-order valence-electron chi connectivity index (χ0n) is 9.68. The van der Waals surface area contributed by atoms with Crippen LogP contribution >= 0.6 is 0 Å². The third-order valence-electron chi connectivity index (χ3n) is 3.80. The molecule has 0 bridgehead atoms. The minimum Gasteiger partial charge on any atom is -0.316 e. The molecule has 2 aliphatic rings. The van der Waals surface area contributed by atoms with Gasteiger partial charge in [0.25, 0.3) is 0 Å². The smallest absolute Gasteiger partial charge is 0.00481 e. The van der Waals surface area contributed by atoms with Crippen molar-refractivity contribution in [2.24, 2.45) is 11.3 Å². The number of likely N-dealkylation sites (tertiary alicyclic amines) is 1. The molecule has 0 aliphatic carbocycles. The second-order valence-corrected chi connectivity index (χ2v) is 5.72. The van der Waals surface area contributed by atoms with Gasteiger partial charge in [-0.25, -0.2) is 0 Å². The molecule has 2 heterocycles. The van der Waals surface area contributed by atoms with E-state index < -0.39 is 0 Å². The summed E-state index contributed by atoms with van der Waals surface area (Å²) in [5, 5.41) is 3.49. The van der Waals surface area contributed by atoms with Crippen molar-refractivity contribution in [1.29, 1.82) is 0 Å². The number of hydrogen-bond donors (Lipinski definition) is 1. The maximum Gasteiger partial charge on any atom is 0.00481 e. The largest absolute Gasteiger partial charge is 0.316 e. The maximum absolute atomic E-state index is 3.49. The Morgan fingerprint density at radius 2 is 2.36 bits per heavy atom. The van der Waals surface area contributed by atoms with Crippen LogP contribution in [0.2, 0.25) is 0 Å². The summed E-state index contributed by atoms with van der Waals surface area (Å²) >= 11 is 0. The lowest BCUT2D eigenvalue weighted by molar-refractivity contribution is 0.126. The highest BCUT2D eigenvalue weighted by Gasteiger charge is 2.31. The molecule has 2 saturated heterocycles. The van der Waals surface area contributed by atoms with Gasteiger partial charge in [-0.05, 0) is 43.7 Å². The van der Waals surface area contributed by atoms with E-state index in [-0.39, 0.29) is 0 Å². The molecular formula is C12H24N2. The molecule has 1 N–H and O–H groups in total. The van der Waals surface area contributed by atoms with Gasteiger partial charge >= 0.3 is 0 Å². The van der Waals surface area contributed by atoms with Crippen LogP contribution in [0.3, 0.4) is 0 Å². The summed E-state index contributed by atoms with van der Waals surface area (Å²) in [6.07, 6.45) is 4.20. The fraction of sp³-hybridized carbons (Fsp3) is 1.00. The zero-order valence-corrected chi connectivity index (χ0v) is 9.68. The predicted octanol–water partition coefficient (Wildman–Crippen LogP) is 1.72. The van der Waals surface area contributed by atoms with Crippen LogP contribution in [0.5, 0.6) is 0 Å². The van der Waals surface area contributed by atoms with Crippen molar-refractivity contribution in [3.05, 3.63) is 0 Å². The number of nitrogens with zero attached hydrogens (tertiary/aromatic N) is 1. The monoisotopic (exact) mass is 196 g/mol. The first-order chi connectivity index (χ1) is 6.68. The fourth-order valence-corrected chi connectivity index (χ4v) is 2.97. The molecule has 2 rings (SSSR count). The molecule has 0 spiro atoms. The average molecular weight is 196 g/mol. The molecule has 2 nitrogen and oxygen atoms in total. The first-order valence-electron chi connectivity index (χ1n) is 6.11. The van der Waals surface area contributed by atoms with Crippen LogP contribution in [-0.2, 0) is 0 Å². The number of nitrogens with one attached hydrogen (secondary N) is 1. The number of rotatable bonds is 2. The van der Waals surface area contributed by atoms with Gasteiger partial charge in [0.15, 0.2) is 0 Å². The van der Waals surface area contributed by atoms with Crippen LogP contribution in [0.25, 0.3) is 0 Å². The summed E-state index contributed by atoms with van der Waals surface area (Å²) in [6, 6.07) is 0. The highest BCUT2D eigenvalue weighted by atomic mass is 15.1. The average Bonchev–Trinajstić information content (AvgIpc) is 2.51. The molecule has 0 saturated carbocycles. The Morgan fingerprint density at radius 3 is 3.00 bits per heavy atom. The SMILES string of the molecule is CC1CCCN(CC2(C)CCNC2)C1. The van der Waals surface area contributed by atoms with E-state index in [1.54, 1.807) is 0 Å². The van der Waals surface area contributed by atoms with E-state index in [1.807, 2.05) is 0 Å². The van der Waals surface area contributed by atoms with Crippen molar-refractivity contribution in [1.82, 2.24) is 10.2 Å². The van der Waals surface area contributed by atoms with Crippen molar-refractivity contribution in [3.8, 4) is 0 Å². The molecule has 0 aromatic heterocycles. The minimum absolute atomic E-state index is 0.553. The van der Waals surface area contributed by atoms with E-state index in [1.165, 1.54) is 52.0 Å². The first kappa shape index (κ1) is 10.4. The molecule has 2 atom stereocenters. The fourth-order valence-electron chi connectivity index (χ4n) is 2.97. The van der Waals surface area contributed by atoms with E-state index in [2.05, 4.69) is 24.1 Å². The maximum atomic E-state index is 3.49. The quantitative estimate of drug-likeness (QED) is 0.723. The highest BCUT2D eigenvalue weighted by molar-refractivity contribution is 4.87. The third kappa shape index (κ3) is 2.48.